The molecular formula is C11H9Br2ClN2O. The van der Waals surface area contributed by atoms with Crippen molar-refractivity contribution in [2.75, 3.05) is 0 Å². The molecule has 3 N–H and O–H groups in total. The van der Waals surface area contributed by atoms with E-state index in [9.17, 15) is 0 Å². The Morgan fingerprint density at radius 2 is 2.06 bits per heavy atom. The largest absolute Gasteiger partial charge is 0.466 e. The molecule has 2 rings (SSSR count). The summed E-state index contributed by atoms with van der Waals surface area (Å²) < 4.78 is 7.18. The molecule has 0 bridgehead atoms. The predicted octanol–water partition coefficient (Wildman–Crippen LogP) is 4.01. The third-order valence-corrected chi connectivity index (χ3v) is 3.84. The van der Waals surface area contributed by atoms with Crippen molar-refractivity contribution in [3.05, 3.63) is 55.8 Å². The van der Waals surface area contributed by atoms with Gasteiger partial charge in [-0.2, -0.15) is 0 Å². The highest BCUT2D eigenvalue weighted by atomic mass is 79.9. The second kappa shape index (κ2) is 5.54. The molecule has 0 aliphatic heterocycles. The second-order valence-corrected chi connectivity index (χ2v) is 5.58. The zero-order chi connectivity index (χ0) is 12.4. The van der Waals surface area contributed by atoms with Crippen LogP contribution in [-0.4, -0.2) is 0 Å². The van der Waals surface area contributed by atoms with Gasteiger partial charge in [0.25, 0.3) is 0 Å². The van der Waals surface area contributed by atoms with Crippen molar-refractivity contribution in [2.24, 2.45) is 5.84 Å². The van der Waals surface area contributed by atoms with E-state index >= 15 is 0 Å². The topological polar surface area (TPSA) is 51.2 Å². The van der Waals surface area contributed by atoms with Crippen LogP contribution in [0.4, 0.5) is 0 Å². The Hall–Kier alpha value is -0.330. The molecule has 6 heteroatoms. The summed E-state index contributed by atoms with van der Waals surface area (Å²) in [6.45, 7) is 0. The van der Waals surface area contributed by atoms with Gasteiger partial charge in [-0.1, -0.05) is 27.5 Å². The van der Waals surface area contributed by atoms with E-state index in [4.69, 9.17) is 21.9 Å². The summed E-state index contributed by atoms with van der Waals surface area (Å²) in [5, 5.41) is 0.624. The third-order valence-electron chi connectivity index (χ3n) is 2.34. The lowest BCUT2D eigenvalue weighted by molar-refractivity contribution is 0.450. The number of rotatable bonds is 3. The molecule has 2 aromatic rings. The van der Waals surface area contributed by atoms with E-state index < -0.39 is 0 Å². The molecule has 0 saturated carbocycles. The fourth-order valence-electron chi connectivity index (χ4n) is 1.55. The Morgan fingerprint density at radius 1 is 1.29 bits per heavy atom. The number of nitrogens with one attached hydrogen (secondary N) is 1. The third kappa shape index (κ3) is 2.74. The molecule has 0 radical (unpaired) electrons. The molecule has 3 nitrogen and oxygen atoms in total. The summed E-state index contributed by atoms with van der Waals surface area (Å²) in [5.41, 5.74) is 3.55. The Labute approximate surface area is 121 Å². The van der Waals surface area contributed by atoms with Crippen LogP contribution in [0.2, 0.25) is 5.02 Å². The van der Waals surface area contributed by atoms with Crippen LogP contribution in [0, 0.1) is 0 Å². The number of halogens is 3. The lowest BCUT2D eigenvalue weighted by atomic mass is 10.1. The molecule has 0 aliphatic carbocycles. The smallest absolute Gasteiger partial charge is 0.140 e. The van der Waals surface area contributed by atoms with Gasteiger partial charge in [-0.15, -0.1) is 0 Å². The van der Waals surface area contributed by atoms with Crippen LogP contribution in [0.1, 0.15) is 17.4 Å². The summed E-state index contributed by atoms with van der Waals surface area (Å²) in [6, 6.07) is 7.09. The molecule has 17 heavy (non-hydrogen) atoms. The zero-order valence-electron chi connectivity index (χ0n) is 8.58. The first kappa shape index (κ1) is 13.1. The van der Waals surface area contributed by atoms with Crippen LogP contribution in [-0.2, 0) is 0 Å². The van der Waals surface area contributed by atoms with Gasteiger partial charge in [-0.05, 0) is 45.8 Å². The molecule has 1 aromatic heterocycles. The fourth-order valence-corrected chi connectivity index (χ4v) is 2.59. The number of furan rings is 1. The highest BCUT2D eigenvalue weighted by molar-refractivity contribution is 9.10. The summed E-state index contributed by atoms with van der Waals surface area (Å²) in [7, 11) is 0. The van der Waals surface area contributed by atoms with E-state index in [1.54, 1.807) is 6.26 Å². The van der Waals surface area contributed by atoms with Crippen LogP contribution >= 0.6 is 43.5 Å². The first-order chi connectivity index (χ1) is 8.13. The van der Waals surface area contributed by atoms with Gasteiger partial charge < -0.3 is 4.42 Å². The summed E-state index contributed by atoms with van der Waals surface area (Å²) in [4.78, 5) is 0. The first-order valence-corrected chi connectivity index (χ1v) is 6.74. The van der Waals surface area contributed by atoms with Crippen molar-refractivity contribution in [1.29, 1.82) is 0 Å². The molecule has 1 heterocycles. The van der Waals surface area contributed by atoms with Gasteiger partial charge >= 0.3 is 0 Å². The van der Waals surface area contributed by atoms with Gasteiger partial charge in [0.1, 0.15) is 11.8 Å². The molecule has 0 aliphatic rings. The first-order valence-electron chi connectivity index (χ1n) is 4.77. The average Bonchev–Trinajstić information content (AvgIpc) is 2.71. The maximum absolute atomic E-state index is 6.17. The monoisotopic (exact) mass is 378 g/mol. The molecule has 1 unspecified atom stereocenters. The van der Waals surface area contributed by atoms with Gasteiger partial charge in [0, 0.05) is 9.50 Å². The van der Waals surface area contributed by atoms with Crippen LogP contribution in [0.25, 0.3) is 0 Å². The van der Waals surface area contributed by atoms with E-state index in [0.29, 0.717) is 10.8 Å². The average molecular weight is 380 g/mol. The molecule has 0 fully saturated rings. The van der Waals surface area contributed by atoms with Gasteiger partial charge in [0.15, 0.2) is 0 Å². The minimum absolute atomic E-state index is 0.302. The van der Waals surface area contributed by atoms with Crippen molar-refractivity contribution in [2.45, 2.75) is 6.04 Å². The standard InChI is InChI=1S/C11H9Br2ClN2O/c12-6-1-2-9(14)7(5-6)10(16-15)11-8(13)3-4-17-11/h1-5,10,16H,15H2. The molecule has 90 valence electrons. The maximum Gasteiger partial charge on any atom is 0.140 e. The van der Waals surface area contributed by atoms with Gasteiger partial charge in [-0.25, -0.2) is 5.43 Å². The van der Waals surface area contributed by atoms with Crippen molar-refractivity contribution >= 4 is 43.5 Å². The van der Waals surface area contributed by atoms with Crippen molar-refractivity contribution in [1.82, 2.24) is 5.43 Å². The molecule has 0 spiro atoms. The van der Waals surface area contributed by atoms with E-state index in [1.165, 1.54) is 0 Å². The summed E-state index contributed by atoms with van der Waals surface area (Å²) >= 11 is 13.0. The van der Waals surface area contributed by atoms with Crippen molar-refractivity contribution in [3.8, 4) is 0 Å². The summed E-state index contributed by atoms with van der Waals surface area (Å²) in [5.74, 6) is 6.27. The number of benzene rings is 1. The van der Waals surface area contributed by atoms with Crippen LogP contribution in [0.15, 0.2) is 43.9 Å². The number of hydrogen-bond acceptors (Lipinski definition) is 3. The van der Waals surface area contributed by atoms with E-state index in [-0.39, 0.29) is 6.04 Å². The fraction of sp³-hybridized carbons (Fsp3) is 0.0909. The van der Waals surface area contributed by atoms with Crippen molar-refractivity contribution in [3.63, 3.8) is 0 Å². The molecule has 1 aromatic carbocycles. The minimum atomic E-state index is -0.302. The lowest BCUT2D eigenvalue weighted by Gasteiger charge is -2.16. The maximum atomic E-state index is 6.17. The zero-order valence-corrected chi connectivity index (χ0v) is 12.5. The van der Waals surface area contributed by atoms with Gasteiger partial charge in [0.05, 0.1) is 10.7 Å². The summed E-state index contributed by atoms with van der Waals surface area (Å²) in [6.07, 6.45) is 1.59. The van der Waals surface area contributed by atoms with Crippen LogP contribution < -0.4 is 11.3 Å². The Balaban J connectivity index is 2.49. The predicted molar refractivity (Wildman–Crippen MR) is 74.7 cm³/mol. The Bertz CT molecular complexity index is 530. The quantitative estimate of drug-likeness (QED) is 0.625. The van der Waals surface area contributed by atoms with Gasteiger partial charge in [-0.3, -0.25) is 5.84 Å². The van der Waals surface area contributed by atoms with E-state index in [2.05, 4.69) is 37.3 Å². The van der Waals surface area contributed by atoms with Crippen LogP contribution in [0.5, 0.6) is 0 Å². The number of hydrazine groups is 1. The van der Waals surface area contributed by atoms with Crippen molar-refractivity contribution < 1.29 is 4.42 Å². The second-order valence-electron chi connectivity index (χ2n) is 3.40. The number of hydrogen-bond donors (Lipinski definition) is 2. The van der Waals surface area contributed by atoms with Gasteiger partial charge in [0.2, 0.25) is 0 Å². The Kier molecular flexibility index (Phi) is 4.27. The number of nitrogens with two attached hydrogens (primary N) is 1. The normalized spacial score (nSPS) is 12.7. The molecule has 1 atom stereocenters. The Morgan fingerprint density at radius 3 is 2.65 bits per heavy atom. The molecular weight excluding hydrogens is 371 g/mol. The molecule has 0 saturated heterocycles. The highest BCUT2D eigenvalue weighted by Crippen LogP contribution is 2.34. The highest BCUT2D eigenvalue weighted by Gasteiger charge is 2.21. The van der Waals surface area contributed by atoms with E-state index in [1.807, 2.05) is 24.3 Å². The van der Waals surface area contributed by atoms with Crippen LogP contribution in [0.3, 0.4) is 0 Å². The van der Waals surface area contributed by atoms with E-state index in [0.717, 1.165) is 14.5 Å². The minimum Gasteiger partial charge on any atom is -0.466 e. The SMILES string of the molecule is NNC(c1cc(Br)ccc1Cl)c1occc1Br. The molecule has 0 amide bonds. The lowest BCUT2D eigenvalue weighted by Crippen LogP contribution is -2.29.